The Hall–Kier alpha value is 0.140. The highest BCUT2D eigenvalue weighted by molar-refractivity contribution is 7.49. The number of nitrogens with zero attached hydrogens (tertiary/aromatic N) is 1. The molecule has 0 aromatic carbocycles. The lowest BCUT2D eigenvalue weighted by atomic mass is 10.2. The van der Waals surface area contributed by atoms with E-state index < -0.39 is 27.8 Å². The normalized spacial score (nSPS) is 11.3. The van der Waals surface area contributed by atoms with Gasteiger partial charge in [-0.2, -0.15) is 0 Å². The standard InChI is InChI=1S/C8H21NO6P2.3H3N/c1-2-3-4-5-6-9(7-16(10,11)12)8-17(13,14)15;;;/h2-8H2,1H3,(H2,10,11,12)(H2,13,14,15);3*1H3/p-1. The number of unbranched alkanes of at least 4 members (excludes halogenated alkanes) is 3. The van der Waals surface area contributed by atoms with Crippen LogP contribution >= 0.6 is 15.2 Å². The fourth-order valence-electron chi connectivity index (χ4n) is 1.44. The first-order valence-corrected chi connectivity index (χ1v) is 8.84. The third kappa shape index (κ3) is 20.5. The molecule has 0 aromatic heterocycles. The van der Waals surface area contributed by atoms with E-state index in [1.165, 1.54) is 0 Å². The lowest BCUT2D eigenvalue weighted by molar-refractivity contribution is -0.318. The third-order valence-electron chi connectivity index (χ3n) is 2.07. The Bertz CT molecular complexity index is 283. The first-order valence-electron chi connectivity index (χ1n) is 5.38. The van der Waals surface area contributed by atoms with Crippen LogP contribution in [0.4, 0.5) is 0 Å². The van der Waals surface area contributed by atoms with E-state index in [1.54, 1.807) is 0 Å². The van der Waals surface area contributed by atoms with Crippen LogP contribution in [0, 0.1) is 0 Å². The molecular formula is C8H29N4O6P2-. The summed E-state index contributed by atoms with van der Waals surface area (Å²) in [5.74, 6) is 0. The van der Waals surface area contributed by atoms with E-state index in [4.69, 9.17) is 0 Å². The van der Waals surface area contributed by atoms with Crippen molar-refractivity contribution >= 4 is 15.2 Å². The van der Waals surface area contributed by atoms with Crippen LogP contribution < -0.4 is 38.0 Å². The van der Waals surface area contributed by atoms with Gasteiger partial charge in [-0.1, -0.05) is 41.4 Å². The molecule has 0 atom stereocenters. The summed E-state index contributed by atoms with van der Waals surface area (Å²) in [5.41, 5.74) is 0. The van der Waals surface area contributed by atoms with Crippen LogP contribution in [0.25, 0.3) is 0 Å². The molecule has 20 heavy (non-hydrogen) atoms. The highest BCUT2D eigenvalue weighted by Crippen LogP contribution is 2.30. The molecule has 0 spiro atoms. The monoisotopic (exact) mass is 339 g/mol. The molecule has 0 saturated carbocycles. The average molecular weight is 339 g/mol. The lowest BCUT2D eigenvalue weighted by Gasteiger charge is -2.41. The van der Waals surface area contributed by atoms with Crippen LogP contribution in [0.5, 0.6) is 0 Å². The minimum Gasteiger partial charge on any atom is -0.810 e. The van der Waals surface area contributed by atoms with E-state index in [1.807, 2.05) is 6.92 Å². The molecule has 0 aromatic rings. The minimum atomic E-state index is -4.84. The highest BCUT2D eigenvalue weighted by Gasteiger charge is 2.08. The maximum atomic E-state index is 10.6. The quantitative estimate of drug-likeness (QED) is 0.375. The number of hydrogen-bond acceptors (Lipinski definition) is 7. The van der Waals surface area contributed by atoms with Crippen LogP contribution in [-0.2, 0) is 9.13 Å². The lowest BCUT2D eigenvalue weighted by Crippen LogP contribution is -2.36. The summed E-state index contributed by atoms with van der Waals surface area (Å²) in [6.07, 6.45) is 1.46. The molecule has 0 fully saturated rings. The van der Waals surface area contributed by atoms with Gasteiger partial charge in [0.05, 0.1) is 0 Å². The van der Waals surface area contributed by atoms with Crippen LogP contribution in [0.3, 0.4) is 0 Å². The van der Waals surface area contributed by atoms with E-state index >= 15 is 0 Å². The number of quaternary nitrogens is 3. The smallest absolute Gasteiger partial charge is 0.0264 e. The summed E-state index contributed by atoms with van der Waals surface area (Å²) in [5, 5.41) is 0. The van der Waals surface area contributed by atoms with Gasteiger partial charge >= 0.3 is 0 Å². The fraction of sp³-hybridized carbons (Fsp3) is 1.00. The molecule has 0 amide bonds. The molecule has 0 unspecified atom stereocenters. The van der Waals surface area contributed by atoms with Crippen molar-refractivity contribution < 1.29 is 28.7 Å². The topological polar surface area (TPSA) is 239 Å². The molecule has 0 aliphatic heterocycles. The molecule has 128 valence electrons. The largest absolute Gasteiger partial charge is 0.810 e. The molecule has 0 heterocycles. The zero-order valence-corrected chi connectivity index (χ0v) is 14.5. The van der Waals surface area contributed by atoms with Gasteiger partial charge < -0.3 is 47.2 Å². The second-order valence-electron chi connectivity index (χ2n) is 3.96. The Balaban J connectivity index is -0.000000427. The minimum absolute atomic E-state index is 0. The van der Waals surface area contributed by atoms with Crippen molar-refractivity contribution in [3.63, 3.8) is 0 Å². The SMILES string of the molecule is CCCCCCN(CP(=O)([O-])[O-])CP(=O)([O-])[O-].[NH4+].[NH4+].[NH4+]. The number of rotatable bonds is 9. The van der Waals surface area contributed by atoms with Crippen molar-refractivity contribution in [3.05, 3.63) is 0 Å². The molecule has 0 rings (SSSR count). The van der Waals surface area contributed by atoms with Gasteiger partial charge in [-0.3, -0.25) is 4.90 Å². The Labute approximate surface area is 120 Å². The zero-order valence-electron chi connectivity index (χ0n) is 12.7. The van der Waals surface area contributed by atoms with Crippen molar-refractivity contribution in [2.75, 3.05) is 19.1 Å². The summed E-state index contributed by atoms with van der Waals surface area (Å²) >= 11 is 0. The van der Waals surface area contributed by atoms with Gasteiger partial charge in [0.1, 0.15) is 0 Å². The fourth-order valence-corrected chi connectivity index (χ4v) is 3.06. The van der Waals surface area contributed by atoms with Gasteiger partial charge in [-0.05, 0) is 13.0 Å². The van der Waals surface area contributed by atoms with Gasteiger partial charge in [-0.15, -0.1) is 0 Å². The van der Waals surface area contributed by atoms with Gasteiger partial charge in [-0.25, -0.2) is 0 Å². The maximum absolute atomic E-state index is 10.6. The molecular weight excluding hydrogens is 310 g/mol. The van der Waals surface area contributed by atoms with Crippen molar-refractivity contribution in [1.29, 1.82) is 0 Å². The van der Waals surface area contributed by atoms with E-state index in [0.717, 1.165) is 24.2 Å². The Morgan fingerprint density at radius 2 is 1.20 bits per heavy atom. The maximum Gasteiger partial charge on any atom is 0.0264 e. The molecule has 12 N–H and O–H groups in total. The molecule has 0 radical (unpaired) electrons. The Morgan fingerprint density at radius 3 is 1.50 bits per heavy atom. The predicted molar refractivity (Wildman–Crippen MR) is 73.7 cm³/mol. The van der Waals surface area contributed by atoms with Crippen molar-refractivity contribution in [1.82, 2.24) is 23.4 Å². The van der Waals surface area contributed by atoms with Crippen molar-refractivity contribution in [2.45, 2.75) is 32.6 Å². The second-order valence-corrected chi connectivity index (χ2v) is 6.97. The van der Waals surface area contributed by atoms with E-state index in [9.17, 15) is 28.7 Å². The Kier molecular flexibility index (Phi) is 18.2. The summed E-state index contributed by atoms with van der Waals surface area (Å²) in [7, 11) is -9.67. The average Bonchev–Trinajstić information content (AvgIpc) is 2.06. The van der Waals surface area contributed by atoms with E-state index in [-0.39, 0.29) is 25.0 Å². The van der Waals surface area contributed by atoms with Crippen molar-refractivity contribution in [2.24, 2.45) is 0 Å². The molecule has 0 saturated heterocycles. The van der Waals surface area contributed by atoms with Gasteiger partial charge in [0, 0.05) is 12.6 Å². The molecule has 0 aliphatic rings. The van der Waals surface area contributed by atoms with Crippen LogP contribution in [0.15, 0.2) is 0 Å². The van der Waals surface area contributed by atoms with Crippen molar-refractivity contribution in [3.8, 4) is 0 Å². The zero-order chi connectivity index (χ0) is 13.5. The molecule has 0 bridgehead atoms. The van der Waals surface area contributed by atoms with E-state index in [0.29, 0.717) is 6.42 Å². The first-order chi connectivity index (χ1) is 7.64. The van der Waals surface area contributed by atoms with Crippen LogP contribution in [0.2, 0.25) is 0 Å². The van der Waals surface area contributed by atoms with Crippen LogP contribution in [0.1, 0.15) is 32.6 Å². The van der Waals surface area contributed by atoms with Gasteiger partial charge in [0.25, 0.3) is 0 Å². The summed E-state index contributed by atoms with van der Waals surface area (Å²) in [6, 6.07) is 0. The van der Waals surface area contributed by atoms with Crippen LogP contribution in [-0.4, -0.2) is 24.0 Å². The van der Waals surface area contributed by atoms with E-state index in [2.05, 4.69) is 0 Å². The van der Waals surface area contributed by atoms with Gasteiger partial charge in [0.2, 0.25) is 0 Å². The summed E-state index contributed by atoms with van der Waals surface area (Å²) < 4.78 is 21.1. The summed E-state index contributed by atoms with van der Waals surface area (Å²) in [4.78, 5) is 43.1. The number of hydrogen-bond donors (Lipinski definition) is 3. The predicted octanol–water partition coefficient (Wildman–Crippen LogP) is -0.260. The molecule has 10 nitrogen and oxygen atoms in total. The van der Waals surface area contributed by atoms with Gasteiger partial charge in [0.15, 0.2) is 0 Å². The second kappa shape index (κ2) is 12.8. The first kappa shape index (κ1) is 28.3. The Morgan fingerprint density at radius 1 is 0.800 bits per heavy atom. The molecule has 0 aliphatic carbocycles. The third-order valence-corrected chi connectivity index (χ3v) is 3.57. The highest BCUT2D eigenvalue weighted by atomic mass is 31.2. The summed E-state index contributed by atoms with van der Waals surface area (Å²) in [6.45, 7) is 2.12. The molecule has 12 heteroatoms.